The molecule has 1 aromatic rings. The summed E-state index contributed by atoms with van der Waals surface area (Å²) in [5, 5.41) is 11.8. The molecule has 0 aliphatic carbocycles. The van der Waals surface area contributed by atoms with E-state index in [0.29, 0.717) is 5.56 Å². The Labute approximate surface area is 114 Å². The molecule has 1 aromatic carbocycles. The lowest BCUT2D eigenvalue weighted by atomic mass is 10.0. The predicted molar refractivity (Wildman–Crippen MR) is 66.2 cm³/mol. The van der Waals surface area contributed by atoms with Gasteiger partial charge in [-0.25, -0.2) is 0 Å². The molecule has 0 aliphatic rings. The van der Waals surface area contributed by atoms with Crippen molar-refractivity contribution in [3.63, 3.8) is 0 Å². The lowest BCUT2D eigenvalue weighted by Gasteiger charge is -2.18. The van der Waals surface area contributed by atoms with Crippen LogP contribution in [0, 0.1) is 5.92 Å². The Hall–Kier alpha value is -1.76. The van der Waals surface area contributed by atoms with Crippen molar-refractivity contribution in [3.8, 4) is 5.75 Å². The zero-order valence-electron chi connectivity index (χ0n) is 11.1. The number of hydrogen-bond donors (Lipinski definition) is 2. The van der Waals surface area contributed by atoms with Crippen LogP contribution in [-0.2, 0) is 11.3 Å². The number of ether oxygens (including phenoxy) is 1. The number of halogens is 3. The van der Waals surface area contributed by atoms with Crippen molar-refractivity contribution in [1.82, 2.24) is 5.32 Å². The third kappa shape index (κ3) is 5.48. The first kappa shape index (κ1) is 16.3. The van der Waals surface area contributed by atoms with E-state index in [9.17, 15) is 18.0 Å². The molecule has 20 heavy (non-hydrogen) atoms. The van der Waals surface area contributed by atoms with E-state index in [4.69, 9.17) is 5.11 Å². The van der Waals surface area contributed by atoms with Gasteiger partial charge in [-0.1, -0.05) is 26.0 Å². The van der Waals surface area contributed by atoms with Crippen molar-refractivity contribution in [2.24, 2.45) is 5.92 Å². The fourth-order valence-electron chi connectivity index (χ4n) is 1.64. The number of benzene rings is 1. The largest absolute Gasteiger partial charge is 0.573 e. The number of carboxylic acid groups (broad SMARTS) is 1. The Bertz CT molecular complexity index is 443. The summed E-state index contributed by atoms with van der Waals surface area (Å²) in [6.45, 7) is 3.79. The van der Waals surface area contributed by atoms with Gasteiger partial charge >= 0.3 is 12.3 Å². The molecule has 0 saturated carbocycles. The number of rotatable bonds is 6. The number of alkyl halides is 3. The minimum absolute atomic E-state index is 0.0969. The fraction of sp³-hybridized carbons (Fsp3) is 0.462. The average Bonchev–Trinajstić information content (AvgIpc) is 2.28. The van der Waals surface area contributed by atoms with Gasteiger partial charge in [0.1, 0.15) is 11.8 Å². The van der Waals surface area contributed by atoms with Crippen LogP contribution in [0.5, 0.6) is 5.75 Å². The highest BCUT2D eigenvalue weighted by Crippen LogP contribution is 2.22. The monoisotopic (exact) mass is 291 g/mol. The second kappa shape index (κ2) is 6.60. The molecule has 0 aliphatic heterocycles. The molecule has 0 aromatic heterocycles. The van der Waals surface area contributed by atoms with Gasteiger partial charge in [0.2, 0.25) is 0 Å². The molecule has 0 spiro atoms. The molecule has 0 fully saturated rings. The molecule has 1 atom stereocenters. The van der Waals surface area contributed by atoms with E-state index >= 15 is 0 Å². The minimum Gasteiger partial charge on any atom is -0.480 e. The Morgan fingerprint density at radius 2 is 1.85 bits per heavy atom. The molecule has 1 rings (SSSR count). The number of carbonyl (C=O) groups is 1. The van der Waals surface area contributed by atoms with Crippen molar-refractivity contribution in [2.75, 3.05) is 0 Å². The van der Waals surface area contributed by atoms with Crippen LogP contribution in [0.25, 0.3) is 0 Å². The van der Waals surface area contributed by atoms with Crippen LogP contribution < -0.4 is 10.1 Å². The molecule has 4 nitrogen and oxygen atoms in total. The van der Waals surface area contributed by atoms with Crippen molar-refractivity contribution >= 4 is 5.97 Å². The van der Waals surface area contributed by atoms with Crippen LogP contribution in [0.3, 0.4) is 0 Å². The standard InChI is InChI=1S/C13H16F3NO3/c1-8(2)11(12(18)19)17-7-9-3-5-10(6-4-9)20-13(14,15)16/h3-6,8,11,17H,7H2,1-2H3,(H,18,19)/t11-/m0/s1. The van der Waals surface area contributed by atoms with Gasteiger partial charge in [0.05, 0.1) is 0 Å². The molecule has 0 unspecified atom stereocenters. The zero-order chi connectivity index (χ0) is 15.3. The number of carboxylic acids is 1. The Morgan fingerprint density at radius 1 is 1.30 bits per heavy atom. The molecular formula is C13H16F3NO3. The van der Waals surface area contributed by atoms with Crippen molar-refractivity contribution in [3.05, 3.63) is 29.8 Å². The summed E-state index contributed by atoms with van der Waals surface area (Å²) in [5.74, 6) is -1.36. The quantitative estimate of drug-likeness (QED) is 0.846. The van der Waals surface area contributed by atoms with E-state index in [-0.39, 0.29) is 18.2 Å². The summed E-state index contributed by atoms with van der Waals surface area (Å²) < 4.78 is 39.7. The molecule has 0 radical (unpaired) electrons. The van der Waals surface area contributed by atoms with Crippen LogP contribution in [0.2, 0.25) is 0 Å². The highest BCUT2D eigenvalue weighted by Gasteiger charge is 2.30. The first-order valence-electron chi connectivity index (χ1n) is 6.00. The minimum atomic E-state index is -4.72. The fourth-order valence-corrected chi connectivity index (χ4v) is 1.64. The molecular weight excluding hydrogens is 275 g/mol. The van der Waals surface area contributed by atoms with Gasteiger partial charge in [-0.3, -0.25) is 4.79 Å². The molecule has 0 heterocycles. The number of hydrogen-bond acceptors (Lipinski definition) is 3. The van der Waals surface area contributed by atoms with Crippen LogP contribution >= 0.6 is 0 Å². The number of aliphatic carboxylic acids is 1. The summed E-state index contributed by atoms with van der Waals surface area (Å²) >= 11 is 0. The summed E-state index contributed by atoms with van der Waals surface area (Å²) in [6.07, 6.45) is -4.72. The third-order valence-electron chi connectivity index (χ3n) is 2.62. The summed E-state index contributed by atoms with van der Waals surface area (Å²) in [7, 11) is 0. The van der Waals surface area contributed by atoms with E-state index in [0.717, 1.165) is 0 Å². The maximum Gasteiger partial charge on any atom is 0.573 e. The summed E-state index contributed by atoms with van der Waals surface area (Å²) in [5.41, 5.74) is 0.673. The molecule has 0 amide bonds. The highest BCUT2D eigenvalue weighted by molar-refractivity contribution is 5.73. The predicted octanol–water partition coefficient (Wildman–Crippen LogP) is 2.78. The molecule has 0 saturated heterocycles. The van der Waals surface area contributed by atoms with E-state index in [2.05, 4.69) is 10.1 Å². The maximum absolute atomic E-state index is 12.0. The second-order valence-electron chi connectivity index (χ2n) is 4.63. The average molecular weight is 291 g/mol. The van der Waals surface area contributed by atoms with Crippen LogP contribution in [-0.4, -0.2) is 23.5 Å². The van der Waals surface area contributed by atoms with Gasteiger partial charge in [-0.05, 0) is 23.6 Å². The second-order valence-corrected chi connectivity index (χ2v) is 4.63. The van der Waals surface area contributed by atoms with Crippen LogP contribution in [0.1, 0.15) is 19.4 Å². The van der Waals surface area contributed by atoms with Gasteiger partial charge in [-0.2, -0.15) is 0 Å². The first-order chi connectivity index (χ1) is 9.19. The Morgan fingerprint density at radius 3 is 2.25 bits per heavy atom. The normalized spacial score (nSPS) is 13.3. The lowest BCUT2D eigenvalue weighted by molar-refractivity contribution is -0.274. The highest BCUT2D eigenvalue weighted by atomic mass is 19.4. The van der Waals surface area contributed by atoms with Gasteiger partial charge in [-0.15, -0.1) is 13.2 Å². The van der Waals surface area contributed by atoms with E-state index in [1.54, 1.807) is 13.8 Å². The Balaban J connectivity index is 2.59. The van der Waals surface area contributed by atoms with Crippen molar-refractivity contribution < 1.29 is 27.8 Å². The van der Waals surface area contributed by atoms with Crippen LogP contribution in [0.4, 0.5) is 13.2 Å². The van der Waals surface area contributed by atoms with Crippen molar-refractivity contribution in [1.29, 1.82) is 0 Å². The van der Waals surface area contributed by atoms with Gasteiger partial charge < -0.3 is 15.2 Å². The smallest absolute Gasteiger partial charge is 0.480 e. The van der Waals surface area contributed by atoms with Gasteiger partial charge in [0, 0.05) is 6.54 Å². The summed E-state index contributed by atoms with van der Waals surface area (Å²) in [6, 6.07) is 4.58. The van der Waals surface area contributed by atoms with E-state index < -0.39 is 18.4 Å². The first-order valence-corrected chi connectivity index (χ1v) is 6.00. The maximum atomic E-state index is 12.0. The third-order valence-corrected chi connectivity index (χ3v) is 2.62. The van der Waals surface area contributed by atoms with Gasteiger partial charge in [0.15, 0.2) is 0 Å². The SMILES string of the molecule is CC(C)[C@H](NCc1ccc(OC(F)(F)F)cc1)C(=O)O. The topological polar surface area (TPSA) is 58.6 Å². The van der Waals surface area contributed by atoms with E-state index in [1.807, 2.05) is 0 Å². The molecule has 7 heteroatoms. The zero-order valence-corrected chi connectivity index (χ0v) is 11.1. The Kier molecular flexibility index (Phi) is 5.38. The molecule has 2 N–H and O–H groups in total. The summed E-state index contributed by atoms with van der Waals surface area (Å²) in [4.78, 5) is 11.0. The molecule has 0 bridgehead atoms. The lowest BCUT2D eigenvalue weighted by Crippen LogP contribution is -2.40. The van der Waals surface area contributed by atoms with E-state index in [1.165, 1.54) is 24.3 Å². The number of nitrogens with one attached hydrogen (secondary N) is 1. The molecule has 112 valence electrons. The van der Waals surface area contributed by atoms with Crippen molar-refractivity contribution in [2.45, 2.75) is 32.8 Å². The van der Waals surface area contributed by atoms with Gasteiger partial charge in [0.25, 0.3) is 0 Å². The van der Waals surface area contributed by atoms with Crippen LogP contribution in [0.15, 0.2) is 24.3 Å².